The number of benzene rings is 2. The largest absolute Gasteiger partial charge is 0.451 e. The Kier molecular flexibility index (Phi) is 5.70. The molecule has 7 heteroatoms. The number of amides is 2. The number of halogens is 1. The first-order valence-electron chi connectivity index (χ1n) is 11.4. The lowest BCUT2D eigenvalue weighted by atomic mass is 9.83. The number of nitrogens with zero attached hydrogens (tertiary/aromatic N) is 2. The molecular weight excluding hydrogens is 423 g/mol. The number of fused-ring (bicyclic) bond motifs is 2. The van der Waals surface area contributed by atoms with E-state index in [0.717, 1.165) is 18.4 Å². The van der Waals surface area contributed by atoms with Gasteiger partial charge >= 0.3 is 0 Å². The van der Waals surface area contributed by atoms with Gasteiger partial charge in [0.1, 0.15) is 11.4 Å². The number of rotatable bonds is 3. The minimum Gasteiger partial charge on any atom is -0.451 e. The smallest absolute Gasteiger partial charge is 0.289 e. The molecule has 0 bridgehead atoms. The topological polar surface area (TPSA) is 70.8 Å². The lowest BCUT2D eigenvalue weighted by Gasteiger charge is -2.47. The highest BCUT2D eigenvalue weighted by Gasteiger charge is 2.40. The van der Waals surface area contributed by atoms with Crippen molar-refractivity contribution < 1.29 is 18.4 Å². The normalized spacial score (nSPS) is 20.5. The van der Waals surface area contributed by atoms with E-state index < -0.39 is 0 Å². The first kappa shape index (κ1) is 21.4. The maximum Gasteiger partial charge on any atom is 0.289 e. The highest BCUT2D eigenvalue weighted by atomic mass is 19.1. The van der Waals surface area contributed by atoms with E-state index in [1.165, 1.54) is 18.2 Å². The highest BCUT2D eigenvalue weighted by Crippen LogP contribution is 2.32. The number of carbonyl (C=O) groups excluding carboxylic acids is 2. The van der Waals surface area contributed by atoms with Crippen molar-refractivity contribution in [1.82, 2.24) is 9.80 Å². The average Bonchev–Trinajstić information content (AvgIpc) is 2.84. The molecule has 2 saturated heterocycles. The Hall–Kier alpha value is -3.48. The van der Waals surface area contributed by atoms with Gasteiger partial charge in [-0.25, -0.2) is 4.39 Å². The second-order valence-electron chi connectivity index (χ2n) is 8.87. The molecule has 5 rings (SSSR count). The van der Waals surface area contributed by atoms with Gasteiger partial charge in [-0.3, -0.25) is 14.4 Å². The van der Waals surface area contributed by atoms with Crippen molar-refractivity contribution in [2.24, 2.45) is 5.92 Å². The molecule has 0 N–H and O–H groups in total. The van der Waals surface area contributed by atoms with Crippen LogP contribution in [-0.4, -0.2) is 47.3 Å². The molecule has 2 aliphatic heterocycles. The Morgan fingerprint density at radius 1 is 1.03 bits per heavy atom. The summed E-state index contributed by atoms with van der Waals surface area (Å²) in [6.45, 7) is 1.77. The number of likely N-dealkylation sites (tertiary alicyclic amines) is 2. The molecule has 6 nitrogen and oxygen atoms in total. The van der Waals surface area contributed by atoms with E-state index in [0.29, 0.717) is 37.0 Å². The monoisotopic (exact) mass is 448 g/mol. The molecule has 0 saturated carbocycles. The molecule has 2 amide bonds. The van der Waals surface area contributed by atoms with Crippen molar-refractivity contribution >= 4 is 22.8 Å². The van der Waals surface area contributed by atoms with Gasteiger partial charge in [0.15, 0.2) is 11.2 Å². The van der Waals surface area contributed by atoms with Crippen molar-refractivity contribution in [3.8, 4) is 0 Å². The summed E-state index contributed by atoms with van der Waals surface area (Å²) < 4.78 is 18.9. The summed E-state index contributed by atoms with van der Waals surface area (Å²) in [7, 11) is 0. The van der Waals surface area contributed by atoms with Crippen LogP contribution in [0.2, 0.25) is 0 Å². The van der Waals surface area contributed by atoms with E-state index >= 15 is 0 Å². The lowest BCUT2D eigenvalue weighted by molar-refractivity contribution is -0.133. The fourth-order valence-electron chi connectivity index (χ4n) is 5.12. The fraction of sp³-hybridized carbons (Fsp3) is 0.346. The van der Waals surface area contributed by atoms with Crippen molar-refractivity contribution in [2.45, 2.75) is 31.7 Å². The van der Waals surface area contributed by atoms with Crippen molar-refractivity contribution in [1.29, 1.82) is 0 Å². The Balaban J connectivity index is 1.30. The maximum atomic E-state index is 13.3. The van der Waals surface area contributed by atoms with Crippen molar-refractivity contribution in [3.63, 3.8) is 0 Å². The Bertz CT molecular complexity index is 1250. The minimum atomic E-state index is -0.318. The Morgan fingerprint density at radius 2 is 1.82 bits per heavy atom. The Morgan fingerprint density at radius 3 is 2.64 bits per heavy atom. The molecule has 0 radical (unpaired) electrons. The summed E-state index contributed by atoms with van der Waals surface area (Å²) >= 11 is 0. The summed E-state index contributed by atoms with van der Waals surface area (Å²) in [6.07, 6.45) is 2.70. The quantitative estimate of drug-likeness (QED) is 0.614. The van der Waals surface area contributed by atoms with Crippen LogP contribution in [0.3, 0.4) is 0 Å². The molecule has 2 aliphatic rings. The molecule has 33 heavy (non-hydrogen) atoms. The summed E-state index contributed by atoms with van der Waals surface area (Å²) in [4.78, 5) is 42.3. The SMILES string of the molecule is O=C(Cc1ccc(F)cc1)N1CC[C@@H]2[C@H](CCCN2C(=O)c2cc(=O)c3ccccc3o2)C1. The number of piperidine rings is 2. The third kappa shape index (κ3) is 4.27. The van der Waals surface area contributed by atoms with Crippen molar-refractivity contribution in [3.05, 3.63) is 82.0 Å². The van der Waals surface area contributed by atoms with E-state index in [-0.39, 0.29) is 47.2 Å². The summed E-state index contributed by atoms with van der Waals surface area (Å²) in [5, 5.41) is 0.457. The van der Waals surface area contributed by atoms with E-state index in [4.69, 9.17) is 4.42 Å². The summed E-state index contributed by atoms with van der Waals surface area (Å²) in [6, 6.07) is 14.2. The van der Waals surface area contributed by atoms with E-state index in [1.807, 2.05) is 9.80 Å². The van der Waals surface area contributed by atoms with Crippen LogP contribution in [0.4, 0.5) is 4.39 Å². The number of para-hydroxylation sites is 1. The lowest BCUT2D eigenvalue weighted by Crippen LogP contribution is -2.56. The third-order valence-electron chi connectivity index (χ3n) is 6.80. The van der Waals surface area contributed by atoms with Gasteiger partial charge in [-0.15, -0.1) is 0 Å². The molecular formula is C26H25FN2O4. The standard InChI is InChI=1S/C26H25FN2O4/c27-19-9-7-17(8-10-19)14-25(31)28-13-11-21-18(16-28)4-3-12-29(21)26(32)24-15-22(30)20-5-1-2-6-23(20)33-24/h1-2,5-10,15,18,21H,3-4,11-14,16H2/t18-,21-/m1/s1. The number of carbonyl (C=O) groups is 2. The van der Waals surface area contributed by atoms with Crippen LogP contribution < -0.4 is 5.43 Å². The average molecular weight is 448 g/mol. The molecule has 2 atom stereocenters. The molecule has 3 aromatic rings. The van der Waals surface area contributed by atoms with Gasteiger partial charge in [0.2, 0.25) is 5.91 Å². The fourth-order valence-corrected chi connectivity index (χ4v) is 5.12. The van der Waals surface area contributed by atoms with Crippen LogP contribution in [0.5, 0.6) is 0 Å². The summed E-state index contributed by atoms with van der Waals surface area (Å²) in [5.74, 6) is -0.320. The van der Waals surface area contributed by atoms with Gasteiger partial charge in [-0.2, -0.15) is 0 Å². The first-order chi connectivity index (χ1) is 16.0. The zero-order valence-electron chi connectivity index (χ0n) is 18.2. The molecule has 0 unspecified atom stereocenters. The van der Waals surface area contributed by atoms with E-state index in [2.05, 4.69) is 0 Å². The number of hydrogen-bond donors (Lipinski definition) is 0. The predicted molar refractivity (Wildman–Crippen MR) is 121 cm³/mol. The molecule has 0 aliphatic carbocycles. The van der Waals surface area contributed by atoms with Crippen LogP contribution in [0.15, 0.2) is 63.8 Å². The van der Waals surface area contributed by atoms with Crippen molar-refractivity contribution in [2.75, 3.05) is 19.6 Å². The first-order valence-corrected chi connectivity index (χ1v) is 11.4. The van der Waals surface area contributed by atoms with E-state index in [1.54, 1.807) is 36.4 Å². The third-order valence-corrected chi connectivity index (χ3v) is 6.80. The number of hydrogen-bond acceptors (Lipinski definition) is 4. The Labute approximate surface area is 190 Å². The minimum absolute atomic E-state index is 0.0119. The molecule has 0 spiro atoms. The van der Waals surface area contributed by atoms with Crippen LogP contribution in [0.25, 0.3) is 11.0 Å². The van der Waals surface area contributed by atoms with Gasteiger partial charge in [0.05, 0.1) is 11.8 Å². The molecule has 3 heterocycles. The maximum absolute atomic E-state index is 13.3. The predicted octanol–water partition coefficient (Wildman–Crippen LogP) is 3.63. The zero-order valence-corrected chi connectivity index (χ0v) is 18.2. The van der Waals surface area contributed by atoms with Gasteiger partial charge in [0.25, 0.3) is 5.91 Å². The second-order valence-corrected chi connectivity index (χ2v) is 8.87. The molecule has 1 aromatic heterocycles. The van der Waals surface area contributed by atoms with Gasteiger partial charge < -0.3 is 14.2 Å². The van der Waals surface area contributed by atoms with Crippen LogP contribution in [0.1, 0.15) is 35.4 Å². The van der Waals surface area contributed by atoms with E-state index in [9.17, 15) is 18.8 Å². The zero-order chi connectivity index (χ0) is 22.9. The second kappa shape index (κ2) is 8.81. The van der Waals surface area contributed by atoms with Crippen LogP contribution >= 0.6 is 0 Å². The van der Waals surface area contributed by atoms with Gasteiger partial charge in [-0.1, -0.05) is 24.3 Å². The van der Waals surface area contributed by atoms with Crippen LogP contribution in [0, 0.1) is 11.7 Å². The van der Waals surface area contributed by atoms with Crippen LogP contribution in [-0.2, 0) is 11.2 Å². The highest BCUT2D eigenvalue weighted by molar-refractivity contribution is 5.93. The molecule has 2 aromatic carbocycles. The van der Waals surface area contributed by atoms with Gasteiger partial charge in [0, 0.05) is 31.7 Å². The molecule has 170 valence electrons. The van der Waals surface area contributed by atoms with Gasteiger partial charge in [-0.05, 0) is 55.0 Å². The molecule has 2 fully saturated rings. The summed E-state index contributed by atoms with van der Waals surface area (Å²) in [5.41, 5.74) is 0.966.